The summed E-state index contributed by atoms with van der Waals surface area (Å²) in [7, 11) is 1.61. The summed E-state index contributed by atoms with van der Waals surface area (Å²) in [6.07, 6.45) is 2.78. The predicted octanol–water partition coefficient (Wildman–Crippen LogP) is 0.813. The Balaban J connectivity index is 2.40. The molecule has 2 N–H and O–H groups in total. The number of aromatic nitrogens is 2. The van der Waals surface area contributed by atoms with Gasteiger partial charge in [-0.2, -0.15) is 0 Å². The van der Waals surface area contributed by atoms with Crippen LogP contribution in [0.15, 0.2) is 12.4 Å². The lowest BCUT2D eigenvalue weighted by molar-refractivity contribution is -0.120. The molecule has 94 valence electrons. The van der Waals surface area contributed by atoms with Crippen LogP contribution in [0.1, 0.15) is 19.8 Å². The van der Waals surface area contributed by atoms with Gasteiger partial charge in [0.2, 0.25) is 11.8 Å². The maximum atomic E-state index is 11.0. The van der Waals surface area contributed by atoms with Crippen LogP contribution >= 0.6 is 0 Å². The van der Waals surface area contributed by atoms with Crippen molar-refractivity contribution in [3.63, 3.8) is 0 Å². The van der Waals surface area contributed by atoms with Crippen molar-refractivity contribution >= 4 is 11.7 Å². The molecule has 6 nitrogen and oxygen atoms in total. The van der Waals surface area contributed by atoms with Gasteiger partial charge in [0.25, 0.3) is 0 Å². The Morgan fingerprint density at radius 3 is 3.00 bits per heavy atom. The van der Waals surface area contributed by atoms with Crippen LogP contribution in [0.5, 0.6) is 5.88 Å². The molecule has 0 fully saturated rings. The summed E-state index contributed by atoms with van der Waals surface area (Å²) >= 11 is 0. The molecule has 17 heavy (non-hydrogen) atoms. The van der Waals surface area contributed by atoms with Crippen LogP contribution < -0.4 is 15.4 Å². The largest absolute Gasteiger partial charge is 0.478 e. The van der Waals surface area contributed by atoms with Gasteiger partial charge in [0.15, 0.2) is 0 Å². The number of nitrogens with one attached hydrogen (secondary N) is 2. The van der Waals surface area contributed by atoms with E-state index >= 15 is 0 Å². The van der Waals surface area contributed by atoms with Crippen molar-refractivity contribution < 1.29 is 9.53 Å². The maximum absolute atomic E-state index is 11.0. The molecule has 6 heteroatoms. The summed E-state index contributed by atoms with van der Waals surface area (Å²) in [5.41, 5.74) is 0. The van der Waals surface area contributed by atoms with Crippen molar-refractivity contribution in [2.75, 3.05) is 25.5 Å². The first-order valence-electron chi connectivity index (χ1n) is 5.65. The number of amides is 1. The van der Waals surface area contributed by atoms with E-state index in [0.717, 1.165) is 6.42 Å². The highest BCUT2D eigenvalue weighted by Crippen LogP contribution is 2.10. The predicted molar refractivity (Wildman–Crippen MR) is 65.0 cm³/mol. The van der Waals surface area contributed by atoms with E-state index in [1.54, 1.807) is 13.1 Å². The summed E-state index contributed by atoms with van der Waals surface area (Å²) in [4.78, 5) is 19.0. The molecule has 0 atom stereocenters. The SMILES string of the molecule is CCCOc1cc(NCCC(=O)NC)ncn1. The number of ether oxygens (including phenoxy) is 1. The molecule has 0 spiro atoms. The smallest absolute Gasteiger partial charge is 0.221 e. The number of nitrogens with zero attached hydrogens (tertiary/aromatic N) is 2. The van der Waals surface area contributed by atoms with Crippen LogP contribution in [0.25, 0.3) is 0 Å². The highest BCUT2D eigenvalue weighted by Gasteiger charge is 2.01. The Bertz CT molecular complexity index is 357. The summed E-state index contributed by atoms with van der Waals surface area (Å²) in [6, 6.07) is 1.72. The zero-order valence-electron chi connectivity index (χ0n) is 10.2. The summed E-state index contributed by atoms with van der Waals surface area (Å²) in [5, 5.41) is 5.59. The van der Waals surface area contributed by atoms with Gasteiger partial charge in [0, 0.05) is 26.1 Å². The fraction of sp³-hybridized carbons (Fsp3) is 0.545. The average Bonchev–Trinajstić information content (AvgIpc) is 2.36. The van der Waals surface area contributed by atoms with Gasteiger partial charge in [-0.25, -0.2) is 9.97 Å². The van der Waals surface area contributed by atoms with Crippen LogP contribution in [0.4, 0.5) is 5.82 Å². The Hall–Kier alpha value is -1.85. The van der Waals surface area contributed by atoms with E-state index in [-0.39, 0.29) is 5.91 Å². The lowest BCUT2D eigenvalue weighted by atomic mass is 10.4. The van der Waals surface area contributed by atoms with Crippen LogP contribution in [0.2, 0.25) is 0 Å². The molecular formula is C11H18N4O2. The van der Waals surface area contributed by atoms with Gasteiger partial charge in [0.05, 0.1) is 6.61 Å². The molecule has 0 bridgehead atoms. The zero-order valence-corrected chi connectivity index (χ0v) is 10.2. The molecule has 1 rings (SSSR count). The van der Waals surface area contributed by atoms with E-state index in [9.17, 15) is 4.79 Å². The van der Waals surface area contributed by atoms with E-state index < -0.39 is 0 Å². The number of anilines is 1. The van der Waals surface area contributed by atoms with Gasteiger partial charge in [-0.15, -0.1) is 0 Å². The average molecular weight is 238 g/mol. The number of carbonyl (C=O) groups excluding carboxylic acids is 1. The molecule has 1 aromatic heterocycles. The fourth-order valence-corrected chi connectivity index (χ4v) is 1.15. The van der Waals surface area contributed by atoms with Crippen LogP contribution in [0.3, 0.4) is 0 Å². The Morgan fingerprint density at radius 2 is 2.29 bits per heavy atom. The highest BCUT2D eigenvalue weighted by atomic mass is 16.5. The molecule has 0 aromatic carbocycles. The topological polar surface area (TPSA) is 76.1 Å². The number of hydrogen-bond acceptors (Lipinski definition) is 5. The van der Waals surface area contributed by atoms with E-state index in [1.165, 1.54) is 6.33 Å². The molecule has 0 aliphatic heterocycles. The normalized spacial score (nSPS) is 9.76. The minimum absolute atomic E-state index is 0.00554. The van der Waals surface area contributed by atoms with Gasteiger partial charge in [-0.05, 0) is 6.42 Å². The lowest BCUT2D eigenvalue weighted by Gasteiger charge is -2.07. The third kappa shape index (κ3) is 5.14. The summed E-state index contributed by atoms with van der Waals surface area (Å²) in [5.74, 6) is 1.20. The number of rotatable bonds is 7. The zero-order chi connectivity index (χ0) is 12.5. The van der Waals surface area contributed by atoms with Crippen LogP contribution in [0, 0.1) is 0 Å². The van der Waals surface area contributed by atoms with Crippen LogP contribution in [-0.2, 0) is 4.79 Å². The van der Waals surface area contributed by atoms with Gasteiger partial charge in [-0.3, -0.25) is 4.79 Å². The molecule has 0 unspecified atom stereocenters. The molecule has 1 amide bonds. The Labute approximate surface area is 101 Å². The number of hydrogen-bond donors (Lipinski definition) is 2. The second-order valence-corrected chi connectivity index (χ2v) is 3.44. The summed E-state index contributed by atoms with van der Waals surface area (Å²) < 4.78 is 5.37. The minimum atomic E-state index is -0.00554. The number of carbonyl (C=O) groups is 1. The summed E-state index contributed by atoms with van der Waals surface area (Å²) in [6.45, 7) is 3.20. The second kappa shape index (κ2) is 7.43. The van der Waals surface area contributed by atoms with Gasteiger partial charge in [0.1, 0.15) is 12.1 Å². The molecule has 0 saturated heterocycles. The third-order valence-electron chi connectivity index (χ3n) is 2.03. The van der Waals surface area contributed by atoms with Gasteiger partial charge >= 0.3 is 0 Å². The second-order valence-electron chi connectivity index (χ2n) is 3.44. The molecule has 0 radical (unpaired) electrons. The first kappa shape index (κ1) is 13.2. The molecule has 1 heterocycles. The van der Waals surface area contributed by atoms with Crippen molar-refractivity contribution in [1.29, 1.82) is 0 Å². The molecule has 0 aliphatic rings. The maximum Gasteiger partial charge on any atom is 0.221 e. The minimum Gasteiger partial charge on any atom is -0.478 e. The quantitative estimate of drug-likeness (QED) is 0.735. The van der Waals surface area contributed by atoms with E-state index in [0.29, 0.717) is 31.3 Å². The molecule has 1 aromatic rings. The first-order valence-corrected chi connectivity index (χ1v) is 5.65. The highest BCUT2D eigenvalue weighted by molar-refractivity contribution is 5.76. The first-order chi connectivity index (χ1) is 8.26. The van der Waals surface area contributed by atoms with E-state index in [4.69, 9.17) is 4.74 Å². The standard InChI is InChI=1S/C11H18N4O2/c1-3-6-17-11-7-9(14-8-15-11)13-5-4-10(16)12-2/h7-8H,3-6H2,1-2H3,(H,12,16)(H,13,14,15). The van der Waals surface area contributed by atoms with E-state index in [1.807, 2.05) is 6.92 Å². The lowest BCUT2D eigenvalue weighted by Crippen LogP contribution is -2.21. The van der Waals surface area contributed by atoms with Crippen molar-refractivity contribution in [3.05, 3.63) is 12.4 Å². The van der Waals surface area contributed by atoms with Gasteiger partial charge in [-0.1, -0.05) is 6.92 Å². The van der Waals surface area contributed by atoms with Crippen molar-refractivity contribution in [3.8, 4) is 5.88 Å². The van der Waals surface area contributed by atoms with Crippen molar-refractivity contribution in [2.24, 2.45) is 0 Å². The van der Waals surface area contributed by atoms with Crippen molar-refractivity contribution in [2.45, 2.75) is 19.8 Å². The molecular weight excluding hydrogens is 220 g/mol. The Kier molecular flexibility index (Phi) is 5.77. The van der Waals surface area contributed by atoms with E-state index in [2.05, 4.69) is 20.6 Å². The monoisotopic (exact) mass is 238 g/mol. The van der Waals surface area contributed by atoms with Crippen molar-refractivity contribution in [1.82, 2.24) is 15.3 Å². The molecule has 0 saturated carbocycles. The fourth-order valence-electron chi connectivity index (χ4n) is 1.15. The Morgan fingerprint density at radius 1 is 1.47 bits per heavy atom. The van der Waals surface area contributed by atoms with Gasteiger partial charge < -0.3 is 15.4 Å². The molecule has 0 aliphatic carbocycles. The third-order valence-corrected chi connectivity index (χ3v) is 2.03. The van der Waals surface area contributed by atoms with Crippen LogP contribution in [-0.4, -0.2) is 36.1 Å².